The third-order valence-electron chi connectivity index (χ3n) is 2.26. The molecule has 0 unspecified atom stereocenters. The molecular weight excluding hydrogens is 162 g/mol. The van der Waals surface area contributed by atoms with Gasteiger partial charge < -0.3 is 10.0 Å². The van der Waals surface area contributed by atoms with Gasteiger partial charge in [-0.05, 0) is 33.5 Å². The maximum absolute atomic E-state index is 8.56. The molecule has 0 bridgehead atoms. The van der Waals surface area contributed by atoms with Gasteiger partial charge in [0.25, 0.3) is 0 Å². The van der Waals surface area contributed by atoms with Gasteiger partial charge in [0.1, 0.15) is 0 Å². The summed E-state index contributed by atoms with van der Waals surface area (Å²) in [4.78, 5) is 2.24. The van der Waals surface area contributed by atoms with E-state index in [4.69, 9.17) is 5.11 Å². The molecule has 0 rings (SSSR count). The maximum Gasteiger partial charge on any atom is 0.0431 e. The summed E-state index contributed by atoms with van der Waals surface area (Å²) >= 11 is 0. The molecule has 0 amide bonds. The predicted molar refractivity (Wildman–Crippen MR) is 58.0 cm³/mol. The Hall–Kier alpha value is -0.0800. The minimum atomic E-state index is 0.362. The van der Waals surface area contributed by atoms with Gasteiger partial charge >= 0.3 is 0 Å². The van der Waals surface area contributed by atoms with Crippen LogP contribution in [-0.2, 0) is 0 Å². The second-order valence-electron chi connectivity index (χ2n) is 4.00. The molecule has 0 atom stereocenters. The molecule has 0 fully saturated rings. The van der Waals surface area contributed by atoms with Crippen molar-refractivity contribution >= 4 is 0 Å². The Kier molecular flexibility index (Phi) is 9.94. The number of aliphatic hydroxyl groups is 1. The number of hydrogen-bond acceptors (Lipinski definition) is 2. The zero-order valence-corrected chi connectivity index (χ0v) is 9.26. The summed E-state index contributed by atoms with van der Waals surface area (Å²) in [5.74, 6) is 0. The Morgan fingerprint density at radius 3 is 1.69 bits per heavy atom. The van der Waals surface area contributed by atoms with Crippen molar-refractivity contribution in [1.29, 1.82) is 0 Å². The van der Waals surface area contributed by atoms with Crippen molar-refractivity contribution in [2.24, 2.45) is 0 Å². The molecule has 0 aliphatic rings. The van der Waals surface area contributed by atoms with Gasteiger partial charge in [0.05, 0.1) is 0 Å². The van der Waals surface area contributed by atoms with Crippen molar-refractivity contribution in [3.05, 3.63) is 0 Å². The van der Waals surface area contributed by atoms with Crippen LogP contribution in [0.5, 0.6) is 0 Å². The first-order valence-corrected chi connectivity index (χ1v) is 5.53. The van der Waals surface area contributed by atoms with E-state index < -0.39 is 0 Å². The van der Waals surface area contributed by atoms with Crippen LogP contribution in [0.3, 0.4) is 0 Å². The molecule has 2 heteroatoms. The second kappa shape index (κ2) is 10.0. The van der Waals surface area contributed by atoms with E-state index >= 15 is 0 Å². The molecule has 0 aromatic carbocycles. The summed E-state index contributed by atoms with van der Waals surface area (Å²) in [5.41, 5.74) is 0. The number of aliphatic hydroxyl groups excluding tert-OH is 1. The Balaban J connectivity index is 2.84. The molecule has 0 radical (unpaired) electrons. The molecule has 0 aromatic rings. The molecule has 0 saturated heterocycles. The highest BCUT2D eigenvalue weighted by molar-refractivity contribution is 4.48. The Morgan fingerprint density at radius 1 is 0.769 bits per heavy atom. The molecule has 0 aliphatic carbocycles. The van der Waals surface area contributed by atoms with E-state index in [2.05, 4.69) is 19.0 Å². The molecule has 0 aliphatic heterocycles. The minimum absolute atomic E-state index is 0.362. The highest BCUT2D eigenvalue weighted by atomic mass is 16.2. The number of hydrogen-bond donors (Lipinski definition) is 1. The van der Waals surface area contributed by atoms with Crippen molar-refractivity contribution in [2.75, 3.05) is 27.2 Å². The van der Waals surface area contributed by atoms with E-state index in [9.17, 15) is 0 Å². The lowest BCUT2D eigenvalue weighted by Crippen LogP contribution is -2.12. The normalized spacial score (nSPS) is 11.1. The van der Waals surface area contributed by atoms with Crippen molar-refractivity contribution in [2.45, 2.75) is 44.9 Å². The van der Waals surface area contributed by atoms with E-state index in [0.717, 1.165) is 6.42 Å². The van der Waals surface area contributed by atoms with Crippen LogP contribution in [0.25, 0.3) is 0 Å². The summed E-state index contributed by atoms with van der Waals surface area (Å²) in [6.07, 6.45) is 8.86. The van der Waals surface area contributed by atoms with Crippen LogP contribution < -0.4 is 0 Å². The minimum Gasteiger partial charge on any atom is -0.396 e. The molecular formula is C11H25NO. The van der Waals surface area contributed by atoms with Crippen molar-refractivity contribution in [1.82, 2.24) is 4.90 Å². The van der Waals surface area contributed by atoms with Crippen molar-refractivity contribution < 1.29 is 5.11 Å². The third kappa shape index (κ3) is 11.9. The Morgan fingerprint density at radius 2 is 1.23 bits per heavy atom. The van der Waals surface area contributed by atoms with Gasteiger partial charge in [-0.2, -0.15) is 0 Å². The van der Waals surface area contributed by atoms with Crippen LogP contribution in [0, 0.1) is 0 Å². The van der Waals surface area contributed by atoms with Gasteiger partial charge in [-0.1, -0.05) is 32.1 Å². The molecule has 0 heterocycles. The van der Waals surface area contributed by atoms with E-state index in [1.165, 1.54) is 45.1 Å². The Bertz CT molecular complexity index is 94.1. The fraction of sp³-hybridized carbons (Fsp3) is 1.00. The number of nitrogens with zero attached hydrogens (tertiary/aromatic N) is 1. The molecule has 13 heavy (non-hydrogen) atoms. The van der Waals surface area contributed by atoms with E-state index in [1.807, 2.05) is 0 Å². The molecule has 0 aromatic heterocycles. The Labute approximate surface area is 82.9 Å². The predicted octanol–water partition coefficient (Wildman–Crippen LogP) is 2.27. The van der Waals surface area contributed by atoms with Gasteiger partial charge in [-0.3, -0.25) is 0 Å². The van der Waals surface area contributed by atoms with Gasteiger partial charge in [0.2, 0.25) is 0 Å². The molecule has 80 valence electrons. The molecule has 1 N–H and O–H groups in total. The SMILES string of the molecule is CN(C)CCCCCCCCCO. The second-order valence-corrected chi connectivity index (χ2v) is 4.00. The lowest BCUT2D eigenvalue weighted by Gasteiger charge is -2.08. The van der Waals surface area contributed by atoms with Crippen LogP contribution >= 0.6 is 0 Å². The van der Waals surface area contributed by atoms with E-state index in [-0.39, 0.29) is 0 Å². The largest absolute Gasteiger partial charge is 0.396 e. The maximum atomic E-state index is 8.56. The lowest BCUT2D eigenvalue weighted by molar-refractivity contribution is 0.282. The first-order chi connectivity index (χ1) is 6.27. The third-order valence-corrected chi connectivity index (χ3v) is 2.26. The van der Waals surface area contributed by atoms with Gasteiger partial charge in [0, 0.05) is 6.61 Å². The summed E-state index contributed by atoms with van der Waals surface area (Å²) in [5, 5.41) is 8.56. The monoisotopic (exact) mass is 187 g/mol. The molecule has 0 saturated carbocycles. The first-order valence-electron chi connectivity index (χ1n) is 5.53. The van der Waals surface area contributed by atoms with E-state index in [0.29, 0.717) is 6.61 Å². The fourth-order valence-corrected chi connectivity index (χ4v) is 1.42. The van der Waals surface area contributed by atoms with Crippen LogP contribution in [0.15, 0.2) is 0 Å². The van der Waals surface area contributed by atoms with Crippen LogP contribution in [0.2, 0.25) is 0 Å². The average molecular weight is 187 g/mol. The highest BCUT2D eigenvalue weighted by Gasteiger charge is 1.92. The van der Waals surface area contributed by atoms with E-state index in [1.54, 1.807) is 0 Å². The van der Waals surface area contributed by atoms with Gasteiger partial charge in [-0.25, -0.2) is 0 Å². The zero-order chi connectivity index (χ0) is 9.94. The smallest absolute Gasteiger partial charge is 0.0431 e. The first kappa shape index (κ1) is 12.9. The summed E-state index contributed by atoms with van der Waals surface area (Å²) in [6, 6.07) is 0. The highest BCUT2D eigenvalue weighted by Crippen LogP contribution is 2.06. The number of unbranched alkanes of at least 4 members (excludes halogenated alkanes) is 6. The quantitative estimate of drug-likeness (QED) is 0.560. The van der Waals surface area contributed by atoms with Crippen molar-refractivity contribution in [3.8, 4) is 0 Å². The lowest BCUT2D eigenvalue weighted by atomic mass is 10.1. The van der Waals surface area contributed by atoms with Crippen LogP contribution in [0.4, 0.5) is 0 Å². The average Bonchev–Trinajstić information content (AvgIpc) is 2.09. The molecule has 2 nitrogen and oxygen atoms in total. The topological polar surface area (TPSA) is 23.5 Å². The number of rotatable bonds is 9. The van der Waals surface area contributed by atoms with Crippen molar-refractivity contribution in [3.63, 3.8) is 0 Å². The van der Waals surface area contributed by atoms with Crippen LogP contribution in [-0.4, -0.2) is 37.3 Å². The van der Waals surface area contributed by atoms with Gasteiger partial charge in [0.15, 0.2) is 0 Å². The summed E-state index contributed by atoms with van der Waals surface area (Å²) in [6.45, 7) is 1.58. The standard InChI is InChI=1S/C11H25NO/c1-12(2)10-8-6-4-3-5-7-9-11-13/h13H,3-11H2,1-2H3. The summed E-state index contributed by atoms with van der Waals surface area (Å²) in [7, 11) is 4.25. The van der Waals surface area contributed by atoms with Crippen LogP contribution in [0.1, 0.15) is 44.9 Å². The zero-order valence-electron chi connectivity index (χ0n) is 9.26. The summed E-state index contributed by atoms with van der Waals surface area (Å²) < 4.78 is 0. The fourth-order valence-electron chi connectivity index (χ4n) is 1.42. The van der Waals surface area contributed by atoms with Gasteiger partial charge in [-0.15, -0.1) is 0 Å². The molecule has 0 spiro atoms.